The third kappa shape index (κ3) is 5.39. The molecule has 0 spiro atoms. The quantitative estimate of drug-likeness (QED) is 0.358. The molecule has 1 aromatic heterocycles. The minimum Gasteiger partial charge on any atom is -0.389 e. The fraction of sp³-hybridized carbons (Fsp3) is 0.478. The number of halogens is 1. The van der Waals surface area contributed by atoms with Crippen molar-refractivity contribution in [1.29, 1.82) is 0 Å². The van der Waals surface area contributed by atoms with Crippen molar-refractivity contribution >= 4 is 34.4 Å². The van der Waals surface area contributed by atoms with Crippen LogP contribution in [0.4, 0.5) is 4.39 Å². The normalized spacial score (nSPS) is 19.7. The van der Waals surface area contributed by atoms with E-state index >= 15 is 0 Å². The van der Waals surface area contributed by atoms with Gasteiger partial charge in [0.05, 0.1) is 11.6 Å². The summed E-state index contributed by atoms with van der Waals surface area (Å²) in [4.78, 5) is 52.8. The van der Waals surface area contributed by atoms with Crippen molar-refractivity contribution in [2.75, 3.05) is 13.2 Å². The van der Waals surface area contributed by atoms with Crippen LogP contribution in [-0.4, -0.2) is 58.8 Å². The Bertz CT molecular complexity index is 1080. The van der Waals surface area contributed by atoms with Crippen LogP contribution in [0.2, 0.25) is 0 Å². The molecular formula is C23H27FN4O5. The highest BCUT2D eigenvalue weighted by Crippen LogP contribution is 2.33. The van der Waals surface area contributed by atoms with Gasteiger partial charge in [0.2, 0.25) is 11.8 Å². The van der Waals surface area contributed by atoms with Crippen molar-refractivity contribution in [1.82, 2.24) is 20.9 Å². The van der Waals surface area contributed by atoms with Crippen molar-refractivity contribution in [3.8, 4) is 0 Å². The van der Waals surface area contributed by atoms with E-state index in [4.69, 9.17) is 0 Å². The number of hydrogen-bond donors (Lipinski definition) is 5. The van der Waals surface area contributed by atoms with Crippen molar-refractivity contribution < 1.29 is 28.7 Å². The summed E-state index contributed by atoms with van der Waals surface area (Å²) in [7, 11) is 0. The number of aliphatic hydroxyl groups is 1. The summed E-state index contributed by atoms with van der Waals surface area (Å²) in [6, 6.07) is 4.07. The van der Waals surface area contributed by atoms with Gasteiger partial charge in [0, 0.05) is 17.8 Å². The van der Waals surface area contributed by atoms with Crippen molar-refractivity contribution in [3.63, 3.8) is 0 Å². The Balaban J connectivity index is 1.47. The number of H-pyrrole nitrogens is 1. The Hall–Kier alpha value is -3.27. The number of rotatable bonds is 10. The Morgan fingerprint density at radius 3 is 2.55 bits per heavy atom. The minimum absolute atomic E-state index is 0.0857. The molecule has 2 heterocycles. The van der Waals surface area contributed by atoms with Gasteiger partial charge in [-0.05, 0) is 37.3 Å². The van der Waals surface area contributed by atoms with E-state index in [1.54, 1.807) is 12.1 Å². The molecule has 2 aromatic rings. The van der Waals surface area contributed by atoms with Crippen molar-refractivity contribution in [3.05, 3.63) is 35.8 Å². The Morgan fingerprint density at radius 2 is 1.91 bits per heavy atom. The van der Waals surface area contributed by atoms with Crippen molar-refractivity contribution in [2.45, 2.75) is 44.2 Å². The predicted molar refractivity (Wildman–Crippen MR) is 117 cm³/mol. The zero-order chi connectivity index (χ0) is 23.5. The number of nitrogens with one attached hydrogen (secondary N) is 4. The second-order valence-electron chi connectivity index (χ2n) is 8.79. The lowest BCUT2D eigenvalue weighted by molar-refractivity contribution is -0.131. The number of aromatic nitrogens is 1. The summed E-state index contributed by atoms with van der Waals surface area (Å²) in [6.07, 6.45) is 2.92. The number of carbonyl (C=O) groups excluding carboxylic acids is 4. The highest BCUT2D eigenvalue weighted by atomic mass is 19.1. The van der Waals surface area contributed by atoms with Crippen LogP contribution in [0.15, 0.2) is 24.3 Å². The molecule has 176 valence electrons. The van der Waals surface area contributed by atoms with Crippen LogP contribution in [0.25, 0.3) is 10.9 Å². The first kappa shape index (κ1) is 22.9. The number of aliphatic hydroxyl groups excluding tert-OH is 1. The molecule has 1 aromatic carbocycles. The number of carbonyl (C=O) groups is 4. The molecule has 4 rings (SSSR count). The van der Waals surface area contributed by atoms with Crippen LogP contribution < -0.4 is 16.0 Å². The summed E-state index contributed by atoms with van der Waals surface area (Å²) in [5.74, 6) is -2.52. The van der Waals surface area contributed by atoms with Gasteiger partial charge in [0.1, 0.15) is 24.2 Å². The van der Waals surface area contributed by atoms with Gasteiger partial charge < -0.3 is 26.0 Å². The number of Topliss-reactive ketones (excluding diaryl/α,β-unsaturated/α-hetero) is 1. The molecule has 0 radical (unpaired) electrons. The van der Waals surface area contributed by atoms with Gasteiger partial charge in [-0.3, -0.25) is 19.2 Å². The Morgan fingerprint density at radius 1 is 1.12 bits per heavy atom. The average molecular weight is 458 g/mol. The number of ketones is 1. The topological polar surface area (TPSA) is 140 Å². The monoisotopic (exact) mass is 458 g/mol. The molecule has 2 unspecified atom stereocenters. The van der Waals surface area contributed by atoms with E-state index in [2.05, 4.69) is 20.9 Å². The summed E-state index contributed by atoms with van der Waals surface area (Å²) in [5, 5.41) is 17.9. The molecule has 2 aliphatic rings. The van der Waals surface area contributed by atoms with Crippen LogP contribution in [0.3, 0.4) is 0 Å². The van der Waals surface area contributed by atoms with Gasteiger partial charge in [-0.1, -0.05) is 25.0 Å². The highest BCUT2D eigenvalue weighted by Gasteiger charge is 2.35. The standard InChI is InChI=1S/C23H27FN4O5/c24-15-3-1-2-13-9-18(26-20(13)15)23(33)28-17(8-12-4-5-12)22(32)27-16(19(30)11-29)10-14-6-7-25-21(14)31/h1-3,9,12,14,16-17,26,29H,4-8,10-11H2,(H,25,31)(H,27,32)(H,28,33)/t14-,16?,17?/m0/s1. The first-order valence-electron chi connectivity index (χ1n) is 11.2. The van der Waals surface area contributed by atoms with Crippen LogP contribution in [0.1, 0.15) is 42.6 Å². The summed E-state index contributed by atoms with van der Waals surface area (Å²) < 4.78 is 14.0. The smallest absolute Gasteiger partial charge is 0.268 e. The van der Waals surface area contributed by atoms with Crippen LogP contribution in [0, 0.1) is 17.7 Å². The van der Waals surface area contributed by atoms with Gasteiger partial charge in [-0.2, -0.15) is 0 Å². The van der Waals surface area contributed by atoms with Crippen LogP contribution in [-0.2, 0) is 14.4 Å². The molecule has 0 bridgehead atoms. The SMILES string of the molecule is O=C(NC(CC1CC1)C(=O)NC(C[C@@H]1CCNC1=O)C(=O)CO)c1cc2cccc(F)c2[nH]1. The molecular weight excluding hydrogens is 431 g/mol. The maximum absolute atomic E-state index is 14.0. The molecule has 5 N–H and O–H groups in total. The third-order valence-corrected chi connectivity index (χ3v) is 6.28. The lowest BCUT2D eigenvalue weighted by atomic mass is 9.95. The second-order valence-corrected chi connectivity index (χ2v) is 8.79. The van der Waals surface area contributed by atoms with Crippen molar-refractivity contribution in [2.24, 2.45) is 11.8 Å². The third-order valence-electron chi connectivity index (χ3n) is 6.28. The zero-order valence-corrected chi connectivity index (χ0v) is 18.0. The summed E-state index contributed by atoms with van der Waals surface area (Å²) >= 11 is 0. The van der Waals surface area contributed by atoms with E-state index < -0.39 is 48.0 Å². The predicted octanol–water partition coefficient (Wildman–Crippen LogP) is 0.778. The van der Waals surface area contributed by atoms with E-state index in [-0.39, 0.29) is 29.5 Å². The maximum Gasteiger partial charge on any atom is 0.268 e. The van der Waals surface area contributed by atoms with Crippen LogP contribution in [0.5, 0.6) is 0 Å². The molecule has 1 aliphatic carbocycles. The van der Waals surface area contributed by atoms with Gasteiger partial charge in [-0.15, -0.1) is 0 Å². The molecule has 1 aliphatic heterocycles. The van der Waals surface area contributed by atoms with Gasteiger partial charge in [0.25, 0.3) is 5.91 Å². The highest BCUT2D eigenvalue weighted by molar-refractivity contribution is 6.01. The lowest BCUT2D eigenvalue weighted by Gasteiger charge is -2.23. The molecule has 9 nitrogen and oxygen atoms in total. The van der Waals surface area contributed by atoms with E-state index in [0.717, 1.165) is 12.8 Å². The number of hydrogen-bond acceptors (Lipinski definition) is 5. The molecule has 1 saturated carbocycles. The Labute approximate surface area is 189 Å². The van der Waals surface area contributed by atoms with Gasteiger partial charge >= 0.3 is 0 Å². The van der Waals surface area contributed by atoms with Gasteiger partial charge in [-0.25, -0.2) is 4.39 Å². The van der Waals surface area contributed by atoms with E-state index in [1.807, 2.05) is 0 Å². The number of benzene rings is 1. The first-order chi connectivity index (χ1) is 15.9. The number of fused-ring (bicyclic) bond motifs is 1. The number of aromatic amines is 1. The lowest BCUT2D eigenvalue weighted by Crippen LogP contribution is -2.53. The largest absolute Gasteiger partial charge is 0.389 e. The summed E-state index contributed by atoms with van der Waals surface area (Å²) in [5.41, 5.74) is 0.323. The van der Waals surface area contributed by atoms with E-state index in [1.165, 1.54) is 12.1 Å². The summed E-state index contributed by atoms with van der Waals surface area (Å²) in [6.45, 7) is -0.261. The molecule has 1 saturated heterocycles. The second kappa shape index (κ2) is 9.70. The maximum atomic E-state index is 14.0. The van der Waals surface area contributed by atoms with Crippen LogP contribution >= 0.6 is 0 Å². The van der Waals surface area contributed by atoms with E-state index in [9.17, 15) is 28.7 Å². The number of para-hydroxylation sites is 1. The molecule has 33 heavy (non-hydrogen) atoms. The number of amides is 3. The minimum atomic E-state index is -1.03. The fourth-order valence-corrected chi connectivity index (χ4v) is 4.20. The van der Waals surface area contributed by atoms with Gasteiger partial charge in [0.15, 0.2) is 5.78 Å². The molecule has 10 heteroatoms. The zero-order valence-electron chi connectivity index (χ0n) is 18.0. The van der Waals surface area contributed by atoms with E-state index in [0.29, 0.717) is 24.8 Å². The average Bonchev–Trinajstić information content (AvgIpc) is 3.35. The Kier molecular flexibility index (Phi) is 6.73. The first-order valence-corrected chi connectivity index (χ1v) is 11.2. The molecule has 3 amide bonds. The molecule has 2 fully saturated rings. The molecule has 3 atom stereocenters. The fourth-order valence-electron chi connectivity index (χ4n) is 4.20.